The van der Waals surface area contributed by atoms with Crippen molar-refractivity contribution in [2.75, 3.05) is 14.2 Å². The van der Waals surface area contributed by atoms with Crippen LogP contribution < -0.4 is 24.3 Å². The molecule has 0 bridgehead atoms. The second-order valence-corrected chi connectivity index (χ2v) is 9.40. The monoisotopic (exact) mass is 521 g/mol. The number of aldehydes is 1. The van der Waals surface area contributed by atoms with Crippen molar-refractivity contribution in [1.82, 2.24) is 5.32 Å². The zero-order chi connectivity index (χ0) is 25.5. The Balaban J connectivity index is 1.36. The normalized spacial score (nSPS) is 13.9. The molecule has 0 saturated carbocycles. The van der Waals surface area contributed by atoms with Gasteiger partial charge in [-0.05, 0) is 53.1 Å². The lowest BCUT2D eigenvalue weighted by atomic mass is 10.1. The molecule has 0 radical (unpaired) electrons. The first kappa shape index (κ1) is 25.3. The Hall–Kier alpha value is -3.82. The summed E-state index contributed by atoms with van der Waals surface area (Å²) in [7, 11) is 3.11. The molecule has 1 heterocycles. The quantitative estimate of drug-likeness (QED) is 0.223. The summed E-state index contributed by atoms with van der Waals surface area (Å²) in [4.78, 5) is 23.4. The van der Waals surface area contributed by atoms with Gasteiger partial charge in [0, 0.05) is 5.56 Å². The molecule has 1 fully saturated rings. The summed E-state index contributed by atoms with van der Waals surface area (Å²) in [5.41, 5.74) is 3.29. The first-order chi connectivity index (χ1) is 17.5. The Morgan fingerprint density at radius 3 is 1.81 bits per heavy atom. The molecule has 1 aliphatic heterocycles. The van der Waals surface area contributed by atoms with E-state index in [1.165, 1.54) is 18.9 Å². The smallest absolute Gasteiger partial charge is 0.263 e. The van der Waals surface area contributed by atoms with Crippen LogP contribution in [0.3, 0.4) is 0 Å². The molecule has 4 rings (SSSR count). The van der Waals surface area contributed by atoms with E-state index in [1.807, 2.05) is 42.5 Å². The summed E-state index contributed by atoms with van der Waals surface area (Å²) in [6.07, 6.45) is 2.53. The van der Waals surface area contributed by atoms with Crippen LogP contribution in [0.5, 0.6) is 23.0 Å². The van der Waals surface area contributed by atoms with Gasteiger partial charge < -0.3 is 24.3 Å². The van der Waals surface area contributed by atoms with E-state index in [0.29, 0.717) is 51.0 Å². The molecule has 0 aromatic heterocycles. The zero-order valence-corrected chi connectivity index (χ0v) is 21.2. The lowest BCUT2D eigenvalue weighted by Gasteiger charge is -2.13. The third kappa shape index (κ3) is 6.24. The highest BCUT2D eigenvalue weighted by atomic mass is 32.2. The molecule has 1 saturated heterocycles. The highest BCUT2D eigenvalue weighted by Crippen LogP contribution is 2.32. The molecule has 36 heavy (non-hydrogen) atoms. The average Bonchev–Trinajstić information content (AvgIpc) is 3.22. The number of thioether (sulfide) groups is 1. The van der Waals surface area contributed by atoms with E-state index < -0.39 is 0 Å². The Morgan fingerprint density at radius 1 is 0.806 bits per heavy atom. The van der Waals surface area contributed by atoms with Gasteiger partial charge in [0.25, 0.3) is 5.91 Å². The molecule has 1 amide bonds. The maximum absolute atomic E-state index is 11.9. The third-order valence-corrected chi connectivity index (χ3v) is 6.43. The van der Waals surface area contributed by atoms with E-state index >= 15 is 0 Å². The van der Waals surface area contributed by atoms with Crippen molar-refractivity contribution in [3.63, 3.8) is 0 Å². The number of hydrogen-bond donors (Lipinski definition) is 1. The van der Waals surface area contributed by atoms with Crippen molar-refractivity contribution in [3.05, 3.63) is 87.8 Å². The van der Waals surface area contributed by atoms with Crippen LogP contribution in [-0.2, 0) is 18.0 Å². The van der Waals surface area contributed by atoms with Crippen molar-refractivity contribution in [2.24, 2.45) is 0 Å². The minimum absolute atomic E-state index is 0.201. The predicted octanol–water partition coefficient (Wildman–Crippen LogP) is 5.16. The Morgan fingerprint density at radius 2 is 1.33 bits per heavy atom. The predicted molar refractivity (Wildman–Crippen MR) is 143 cm³/mol. The number of carbonyl (C=O) groups excluding carboxylic acids is 2. The van der Waals surface area contributed by atoms with Crippen molar-refractivity contribution in [2.45, 2.75) is 13.2 Å². The molecule has 0 aliphatic carbocycles. The molecule has 0 atom stereocenters. The van der Waals surface area contributed by atoms with Crippen molar-refractivity contribution in [1.29, 1.82) is 0 Å². The van der Waals surface area contributed by atoms with E-state index in [0.717, 1.165) is 23.0 Å². The van der Waals surface area contributed by atoms with Gasteiger partial charge in [0.2, 0.25) is 0 Å². The van der Waals surface area contributed by atoms with Gasteiger partial charge in [-0.15, -0.1) is 0 Å². The maximum atomic E-state index is 11.9. The number of benzene rings is 3. The van der Waals surface area contributed by atoms with Crippen LogP contribution in [0.15, 0.2) is 65.6 Å². The molecule has 0 spiro atoms. The van der Waals surface area contributed by atoms with E-state index in [1.54, 1.807) is 31.4 Å². The fraction of sp³-hybridized carbons (Fsp3) is 0.148. The number of rotatable bonds is 10. The van der Waals surface area contributed by atoms with Gasteiger partial charge in [0.1, 0.15) is 23.8 Å². The first-order valence-corrected chi connectivity index (χ1v) is 12.1. The minimum atomic E-state index is -0.201. The second kappa shape index (κ2) is 11.7. The fourth-order valence-corrected chi connectivity index (χ4v) is 4.44. The lowest BCUT2D eigenvalue weighted by molar-refractivity contribution is -0.115. The van der Waals surface area contributed by atoms with Gasteiger partial charge in [-0.3, -0.25) is 9.59 Å². The van der Waals surface area contributed by atoms with E-state index in [-0.39, 0.29) is 5.91 Å². The largest absolute Gasteiger partial charge is 0.493 e. The fourth-order valence-electron chi connectivity index (χ4n) is 3.40. The lowest BCUT2D eigenvalue weighted by Crippen LogP contribution is -2.17. The molecule has 7 nitrogen and oxygen atoms in total. The molecule has 1 aliphatic rings. The molecule has 0 unspecified atom stereocenters. The summed E-state index contributed by atoms with van der Waals surface area (Å²) in [6, 6.07) is 18.4. The van der Waals surface area contributed by atoms with Gasteiger partial charge in [-0.25, -0.2) is 0 Å². The molecule has 3 aromatic rings. The number of amides is 1. The second-order valence-electron chi connectivity index (χ2n) is 7.68. The third-order valence-electron chi connectivity index (χ3n) is 5.26. The first-order valence-electron chi connectivity index (χ1n) is 10.9. The Kier molecular flexibility index (Phi) is 8.24. The van der Waals surface area contributed by atoms with Crippen LogP contribution in [0.1, 0.15) is 27.0 Å². The number of methoxy groups -OCH3 is 2. The number of hydrogen-bond acceptors (Lipinski definition) is 8. The van der Waals surface area contributed by atoms with Gasteiger partial charge in [0.05, 0.1) is 19.1 Å². The van der Waals surface area contributed by atoms with Gasteiger partial charge in [0.15, 0.2) is 23.0 Å². The maximum Gasteiger partial charge on any atom is 0.263 e. The summed E-state index contributed by atoms with van der Waals surface area (Å²) < 4.78 is 23.1. The molecule has 184 valence electrons. The highest BCUT2D eigenvalue weighted by molar-refractivity contribution is 8.26. The Bertz CT molecular complexity index is 1320. The van der Waals surface area contributed by atoms with Crippen molar-refractivity contribution < 1.29 is 28.5 Å². The molecular weight excluding hydrogens is 498 g/mol. The zero-order valence-electron chi connectivity index (χ0n) is 19.6. The molecule has 9 heteroatoms. The topological polar surface area (TPSA) is 83.1 Å². The number of carbonyl (C=O) groups is 2. The summed E-state index contributed by atoms with van der Waals surface area (Å²) >= 11 is 6.26. The average molecular weight is 522 g/mol. The van der Waals surface area contributed by atoms with Crippen LogP contribution in [-0.4, -0.2) is 30.7 Å². The summed E-state index contributed by atoms with van der Waals surface area (Å²) in [5, 5.41) is 2.60. The standard InChI is InChI=1S/C27H23NO6S2/c1-31-23-11-19(13-25-26(30)28-27(35)36-25)7-9-21(23)33-15-17-3-5-18(6-4-17)16-34-22-10-8-20(14-29)12-24(22)32-2/h3-14H,15-16H2,1-2H3,(H,28,30,35). The van der Waals surface area contributed by atoms with Crippen molar-refractivity contribution >= 4 is 46.6 Å². The number of ether oxygens (including phenoxy) is 4. The van der Waals surface area contributed by atoms with Crippen LogP contribution >= 0.6 is 24.0 Å². The van der Waals surface area contributed by atoms with E-state index in [2.05, 4.69) is 5.32 Å². The SMILES string of the molecule is COc1cc(C=O)ccc1OCc1ccc(COc2ccc(C=C3SC(=S)NC3=O)cc2OC)cc1. The molecular formula is C27H23NO6S2. The van der Waals surface area contributed by atoms with Crippen LogP contribution in [0.25, 0.3) is 6.08 Å². The van der Waals surface area contributed by atoms with E-state index in [9.17, 15) is 9.59 Å². The van der Waals surface area contributed by atoms with Crippen LogP contribution in [0, 0.1) is 0 Å². The van der Waals surface area contributed by atoms with Crippen molar-refractivity contribution in [3.8, 4) is 23.0 Å². The van der Waals surface area contributed by atoms with Gasteiger partial charge in [-0.2, -0.15) is 0 Å². The summed E-state index contributed by atoms with van der Waals surface area (Å²) in [6.45, 7) is 0.704. The Labute approximate surface area is 218 Å². The van der Waals surface area contributed by atoms with Crippen LogP contribution in [0.4, 0.5) is 0 Å². The highest BCUT2D eigenvalue weighted by Gasteiger charge is 2.22. The number of nitrogens with one attached hydrogen (secondary N) is 1. The molecule has 3 aromatic carbocycles. The van der Waals surface area contributed by atoms with Gasteiger partial charge in [-0.1, -0.05) is 54.3 Å². The number of thiocarbonyl (C=S) groups is 1. The van der Waals surface area contributed by atoms with E-state index in [4.69, 9.17) is 31.2 Å². The minimum Gasteiger partial charge on any atom is -0.493 e. The molecule has 1 N–H and O–H groups in total. The van der Waals surface area contributed by atoms with Crippen LogP contribution in [0.2, 0.25) is 0 Å². The van der Waals surface area contributed by atoms with Gasteiger partial charge >= 0.3 is 0 Å². The summed E-state index contributed by atoms with van der Waals surface area (Å²) in [5.74, 6) is 2.03.